The molecule has 0 aliphatic heterocycles. The molecule has 0 nitrogen and oxygen atoms in total. The molecule has 0 fully saturated rings. The zero-order chi connectivity index (χ0) is 9.12. The van der Waals surface area contributed by atoms with Gasteiger partial charge in [-0.25, -0.2) is 0 Å². The molecule has 13 heavy (non-hydrogen) atoms. The fourth-order valence-corrected chi connectivity index (χ4v) is 3.48. The molecular formula is C9H24Br2P2. The molecule has 0 radical (unpaired) electrons. The van der Waals surface area contributed by atoms with E-state index < -0.39 is 14.5 Å². The third-order valence-electron chi connectivity index (χ3n) is 1.66. The van der Waals surface area contributed by atoms with Gasteiger partial charge in [0.1, 0.15) is 0 Å². The summed E-state index contributed by atoms with van der Waals surface area (Å²) in [7, 11) is -0.968. The highest BCUT2D eigenvalue weighted by atomic mass is 79.9. The van der Waals surface area contributed by atoms with Crippen LogP contribution in [0.1, 0.15) is 6.42 Å². The summed E-state index contributed by atoms with van der Waals surface area (Å²) in [5.41, 5.74) is 0. The predicted octanol–water partition coefficient (Wildman–Crippen LogP) is -2.80. The van der Waals surface area contributed by atoms with Crippen LogP contribution in [0.2, 0.25) is 0 Å². The van der Waals surface area contributed by atoms with E-state index in [-0.39, 0.29) is 34.0 Å². The SMILES string of the molecule is C[P+](C)(C)CCC[P+](C)(C)C.[Br-].[Br-]. The zero-order valence-electron chi connectivity index (χ0n) is 9.77. The maximum Gasteiger partial charge on any atom is 0.0620 e. The van der Waals surface area contributed by atoms with Crippen molar-refractivity contribution in [1.82, 2.24) is 0 Å². The summed E-state index contributed by atoms with van der Waals surface area (Å²) in [6.45, 7) is 14.6. The molecule has 84 valence electrons. The topological polar surface area (TPSA) is 0 Å². The quantitative estimate of drug-likeness (QED) is 0.479. The van der Waals surface area contributed by atoms with Crippen LogP contribution in [-0.2, 0) is 0 Å². The first kappa shape index (κ1) is 20.3. The van der Waals surface area contributed by atoms with Gasteiger partial charge < -0.3 is 34.0 Å². The maximum atomic E-state index is 2.44. The average molecular weight is 354 g/mol. The van der Waals surface area contributed by atoms with Crippen molar-refractivity contribution in [2.75, 3.05) is 52.3 Å². The third kappa shape index (κ3) is 20.0. The van der Waals surface area contributed by atoms with Gasteiger partial charge in [0.2, 0.25) is 0 Å². The van der Waals surface area contributed by atoms with Gasteiger partial charge in [0.25, 0.3) is 0 Å². The molecular weight excluding hydrogens is 330 g/mol. The van der Waals surface area contributed by atoms with Gasteiger partial charge in [-0.05, 0) is 0 Å². The number of hydrogen-bond donors (Lipinski definition) is 0. The molecule has 0 aliphatic carbocycles. The van der Waals surface area contributed by atoms with Gasteiger partial charge in [0, 0.05) is 60.9 Å². The van der Waals surface area contributed by atoms with Crippen LogP contribution in [0, 0.1) is 0 Å². The van der Waals surface area contributed by atoms with Crippen LogP contribution in [0.3, 0.4) is 0 Å². The number of halogens is 2. The largest absolute Gasteiger partial charge is 1.00 e. The first-order valence-electron chi connectivity index (χ1n) is 4.32. The van der Waals surface area contributed by atoms with Crippen molar-refractivity contribution in [3.63, 3.8) is 0 Å². The normalized spacial score (nSPS) is 11.5. The van der Waals surface area contributed by atoms with E-state index >= 15 is 0 Å². The number of rotatable bonds is 4. The first-order valence-corrected chi connectivity index (χ1v) is 10.9. The lowest BCUT2D eigenvalue weighted by atomic mass is 10.6. The molecule has 0 bridgehead atoms. The summed E-state index contributed by atoms with van der Waals surface area (Å²) in [6.07, 6.45) is 4.45. The van der Waals surface area contributed by atoms with Gasteiger partial charge in [-0.15, -0.1) is 0 Å². The maximum absolute atomic E-state index is 2.44. The third-order valence-corrected chi connectivity index (χ3v) is 4.97. The van der Waals surface area contributed by atoms with Gasteiger partial charge in [-0.1, -0.05) is 0 Å². The zero-order valence-corrected chi connectivity index (χ0v) is 14.7. The second-order valence-electron chi connectivity index (χ2n) is 5.38. The van der Waals surface area contributed by atoms with Gasteiger partial charge >= 0.3 is 0 Å². The predicted molar refractivity (Wildman–Crippen MR) is 63.7 cm³/mol. The molecule has 0 atom stereocenters. The van der Waals surface area contributed by atoms with Crippen molar-refractivity contribution < 1.29 is 34.0 Å². The van der Waals surface area contributed by atoms with E-state index in [4.69, 9.17) is 0 Å². The summed E-state index contributed by atoms with van der Waals surface area (Å²) in [4.78, 5) is 0. The molecule has 0 N–H and O–H groups in total. The van der Waals surface area contributed by atoms with Crippen LogP contribution >= 0.6 is 14.5 Å². The Hall–Kier alpha value is 1.82. The lowest BCUT2D eigenvalue weighted by Gasteiger charge is -2.14. The minimum absolute atomic E-state index is 0. The Morgan fingerprint density at radius 1 is 0.615 bits per heavy atom. The van der Waals surface area contributed by atoms with E-state index in [1.807, 2.05) is 0 Å². The van der Waals surface area contributed by atoms with E-state index in [2.05, 4.69) is 40.0 Å². The van der Waals surface area contributed by atoms with Gasteiger partial charge in [-0.2, -0.15) is 0 Å². The van der Waals surface area contributed by atoms with Crippen molar-refractivity contribution in [2.45, 2.75) is 6.42 Å². The van der Waals surface area contributed by atoms with Gasteiger partial charge in [0.15, 0.2) is 0 Å². The Kier molecular flexibility index (Phi) is 12.5. The molecule has 0 rings (SSSR count). The van der Waals surface area contributed by atoms with Crippen LogP contribution < -0.4 is 34.0 Å². The first-order chi connectivity index (χ1) is 4.71. The molecule has 0 aromatic carbocycles. The lowest BCUT2D eigenvalue weighted by molar-refractivity contribution is -0.00100. The molecule has 0 heterocycles. The van der Waals surface area contributed by atoms with Crippen LogP contribution in [0.25, 0.3) is 0 Å². The fraction of sp³-hybridized carbons (Fsp3) is 1.00. The highest BCUT2D eigenvalue weighted by molar-refractivity contribution is 7.74. The van der Waals surface area contributed by atoms with Crippen LogP contribution in [0.5, 0.6) is 0 Å². The Bertz CT molecular complexity index is 99.8. The molecule has 0 spiro atoms. The second kappa shape index (κ2) is 8.03. The monoisotopic (exact) mass is 352 g/mol. The molecule has 0 unspecified atom stereocenters. The second-order valence-corrected chi connectivity index (χ2v) is 15.4. The van der Waals surface area contributed by atoms with Crippen molar-refractivity contribution in [3.05, 3.63) is 0 Å². The Balaban J connectivity index is -0.000000500. The Labute approximate surface area is 107 Å². The van der Waals surface area contributed by atoms with E-state index in [1.54, 1.807) is 0 Å². The summed E-state index contributed by atoms with van der Waals surface area (Å²) in [5.74, 6) is 0. The van der Waals surface area contributed by atoms with Crippen molar-refractivity contribution >= 4 is 14.5 Å². The lowest BCUT2D eigenvalue weighted by Crippen LogP contribution is -3.00. The molecule has 0 saturated heterocycles. The van der Waals surface area contributed by atoms with Gasteiger partial charge in [0.05, 0.1) is 12.3 Å². The summed E-state index contributed by atoms with van der Waals surface area (Å²) < 4.78 is 0. The fourth-order valence-electron chi connectivity index (χ4n) is 1.02. The van der Waals surface area contributed by atoms with Gasteiger partial charge in [-0.3, -0.25) is 0 Å². The average Bonchev–Trinajstić information content (AvgIpc) is 1.55. The molecule has 0 aliphatic rings. The van der Waals surface area contributed by atoms with E-state index in [1.165, 1.54) is 18.7 Å². The van der Waals surface area contributed by atoms with Crippen LogP contribution in [0.15, 0.2) is 0 Å². The summed E-state index contributed by atoms with van der Waals surface area (Å²) in [6, 6.07) is 0. The minimum atomic E-state index is -0.484. The molecule has 0 aromatic rings. The summed E-state index contributed by atoms with van der Waals surface area (Å²) in [5, 5.41) is 0. The molecule has 0 amide bonds. The molecule has 4 heteroatoms. The molecule has 0 aromatic heterocycles. The minimum Gasteiger partial charge on any atom is -1.00 e. The summed E-state index contributed by atoms with van der Waals surface area (Å²) >= 11 is 0. The van der Waals surface area contributed by atoms with E-state index in [0.717, 1.165) is 0 Å². The van der Waals surface area contributed by atoms with Crippen molar-refractivity contribution in [1.29, 1.82) is 0 Å². The van der Waals surface area contributed by atoms with Crippen molar-refractivity contribution in [2.24, 2.45) is 0 Å². The Morgan fingerprint density at radius 3 is 1.00 bits per heavy atom. The number of hydrogen-bond acceptors (Lipinski definition) is 0. The van der Waals surface area contributed by atoms with E-state index in [0.29, 0.717) is 0 Å². The van der Waals surface area contributed by atoms with Crippen molar-refractivity contribution in [3.8, 4) is 0 Å². The smallest absolute Gasteiger partial charge is 0.0620 e. The highest BCUT2D eigenvalue weighted by Gasteiger charge is 2.21. The Morgan fingerprint density at radius 2 is 0.846 bits per heavy atom. The molecule has 0 saturated carbocycles. The highest BCUT2D eigenvalue weighted by Crippen LogP contribution is 2.51. The van der Waals surface area contributed by atoms with E-state index in [9.17, 15) is 0 Å². The standard InChI is InChI=1S/C9H24P2.2BrH/c1-10(2,3)8-7-9-11(4,5)6;;/h7-9H2,1-6H3;2*1H/q+2;;/p-2. The van der Waals surface area contributed by atoms with Crippen LogP contribution in [0.4, 0.5) is 0 Å². The van der Waals surface area contributed by atoms with Crippen LogP contribution in [-0.4, -0.2) is 52.3 Å².